The maximum absolute atomic E-state index is 2.49. The maximum atomic E-state index is 2.49. The first-order valence-corrected chi connectivity index (χ1v) is 15.7. The Morgan fingerprint density at radius 2 is 1.16 bits per heavy atom. The van der Waals surface area contributed by atoms with Crippen molar-refractivity contribution in [3.8, 4) is 16.9 Å². The largest absolute Gasteiger partial charge is 0.310 e. The molecule has 212 valence electrons. The van der Waals surface area contributed by atoms with E-state index in [0.29, 0.717) is 11.8 Å². The van der Waals surface area contributed by atoms with Crippen molar-refractivity contribution < 1.29 is 0 Å². The number of allylic oxidation sites excluding steroid dienone is 4. The number of hydrogen-bond acceptors (Lipinski definition) is 0. The SMILES string of the molecule is CC1C=C(n2c3ccccc3c3ccccc32)C=CC1c1ccc(-n2c3c(c4ccccc42)C(C)(C)c2ccccc2-3)cc1. The molecule has 2 aromatic heterocycles. The van der Waals surface area contributed by atoms with Crippen LogP contribution in [0.5, 0.6) is 0 Å². The Bertz CT molecular complexity index is 2270. The highest BCUT2D eigenvalue weighted by Crippen LogP contribution is 2.53. The molecule has 2 nitrogen and oxygen atoms in total. The predicted octanol–water partition coefficient (Wildman–Crippen LogP) is 10.9. The zero-order chi connectivity index (χ0) is 29.6. The minimum absolute atomic E-state index is 0.0422. The zero-order valence-electron chi connectivity index (χ0n) is 25.3. The number of benzene rings is 5. The molecular formula is C42H34N2. The molecule has 0 bridgehead atoms. The summed E-state index contributed by atoms with van der Waals surface area (Å²) in [4.78, 5) is 0. The van der Waals surface area contributed by atoms with E-state index in [-0.39, 0.29) is 5.41 Å². The zero-order valence-corrected chi connectivity index (χ0v) is 25.3. The quantitative estimate of drug-likeness (QED) is 0.201. The van der Waals surface area contributed by atoms with Gasteiger partial charge < -0.3 is 9.13 Å². The van der Waals surface area contributed by atoms with E-state index in [1.54, 1.807) is 0 Å². The fraction of sp³-hybridized carbons (Fsp3) is 0.143. The van der Waals surface area contributed by atoms with Gasteiger partial charge in [-0.1, -0.05) is 124 Å². The first-order chi connectivity index (χ1) is 21.5. The molecule has 2 heterocycles. The minimum Gasteiger partial charge on any atom is -0.310 e. The number of hydrogen-bond donors (Lipinski definition) is 0. The van der Waals surface area contributed by atoms with E-state index in [2.05, 4.69) is 169 Å². The molecule has 0 amide bonds. The van der Waals surface area contributed by atoms with Gasteiger partial charge in [-0.25, -0.2) is 0 Å². The van der Waals surface area contributed by atoms with Crippen LogP contribution in [0.15, 0.2) is 140 Å². The van der Waals surface area contributed by atoms with Gasteiger partial charge in [0.1, 0.15) is 0 Å². The van der Waals surface area contributed by atoms with Crippen LogP contribution < -0.4 is 0 Å². The smallest absolute Gasteiger partial charge is 0.0584 e. The summed E-state index contributed by atoms with van der Waals surface area (Å²) in [5.41, 5.74) is 13.1. The molecule has 0 N–H and O–H groups in total. The normalized spacial score (nSPS) is 18.6. The van der Waals surface area contributed by atoms with Crippen LogP contribution in [-0.2, 0) is 5.41 Å². The fourth-order valence-electron chi connectivity index (χ4n) is 8.18. The molecule has 7 aromatic rings. The van der Waals surface area contributed by atoms with Crippen LogP contribution in [0.4, 0.5) is 0 Å². The molecule has 44 heavy (non-hydrogen) atoms. The molecule has 2 aliphatic carbocycles. The van der Waals surface area contributed by atoms with Crippen LogP contribution >= 0.6 is 0 Å². The molecule has 0 radical (unpaired) electrons. The summed E-state index contributed by atoms with van der Waals surface area (Å²) >= 11 is 0. The third-order valence-corrected chi connectivity index (χ3v) is 10.2. The van der Waals surface area contributed by atoms with Gasteiger partial charge in [-0.15, -0.1) is 0 Å². The number of rotatable bonds is 3. The summed E-state index contributed by atoms with van der Waals surface area (Å²) in [5.74, 6) is 0.692. The van der Waals surface area contributed by atoms with Crippen molar-refractivity contribution in [1.29, 1.82) is 0 Å². The Hall–Kier alpha value is -5.08. The first-order valence-electron chi connectivity index (χ1n) is 15.7. The van der Waals surface area contributed by atoms with Gasteiger partial charge in [-0.05, 0) is 59.0 Å². The Morgan fingerprint density at radius 3 is 1.82 bits per heavy atom. The van der Waals surface area contributed by atoms with Crippen molar-refractivity contribution in [2.45, 2.75) is 32.1 Å². The van der Waals surface area contributed by atoms with Crippen LogP contribution in [-0.4, -0.2) is 9.13 Å². The lowest BCUT2D eigenvalue weighted by molar-refractivity contribution is 0.635. The summed E-state index contributed by atoms with van der Waals surface area (Å²) in [6.07, 6.45) is 7.17. The third-order valence-electron chi connectivity index (χ3n) is 10.2. The maximum Gasteiger partial charge on any atom is 0.0584 e. The average Bonchev–Trinajstić information content (AvgIpc) is 3.66. The van der Waals surface area contributed by atoms with Crippen LogP contribution in [0.2, 0.25) is 0 Å². The van der Waals surface area contributed by atoms with E-state index in [0.717, 1.165) is 0 Å². The van der Waals surface area contributed by atoms with Gasteiger partial charge >= 0.3 is 0 Å². The Morgan fingerprint density at radius 1 is 0.591 bits per heavy atom. The van der Waals surface area contributed by atoms with Gasteiger partial charge in [-0.3, -0.25) is 0 Å². The van der Waals surface area contributed by atoms with Gasteiger partial charge in [0.05, 0.1) is 22.2 Å². The Labute approximate surface area is 258 Å². The lowest BCUT2D eigenvalue weighted by Gasteiger charge is -2.25. The summed E-state index contributed by atoms with van der Waals surface area (Å²) in [6.45, 7) is 7.09. The Balaban J connectivity index is 1.11. The Kier molecular flexibility index (Phi) is 5.32. The second kappa shape index (κ2) is 9.21. The molecule has 2 aliphatic rings. The molecule has 0 spiro atoms. The van der Waals surface area contributed by atoms with E-state index in [1.807, 2.05) is 0 Å². The molecule has 5 aromatic carbocycles. The molecular weight excluding hydrogens is 532 g/mol. The molecule has 0 saturated carbocycles. The summed E-state index contributed by atoms with van der Waals surface area (Å²) in [7, 11) is 0. The van der Waals surface area contributed by atoms with Crippen LogP contribution in [0.3, 0.4) is 0 Å². The average molecular weight is 567 g/mol. The number of aromatic nitrogens is 2. The molecule has 0 aliphatic heterocycles. The number of fused-ring (bicyclic) bond motifs is 8. The molecule has 9 rings (SSSR count). The van der Waals surface area contributed by atoms with E-state index in [1.165, 1.54) is 72.0 Å². The molecule has 2 heteroatoms. The third kappa shape index (κ3) is 3.43. The monoisotopic (exact) mass is 566 g/mol. The summed E-state index contributed by atoms with van der Waals surface area (Å²) < 4.78 is 4.91. The molecule has 0 fully saturated rings. The topological polar surface area (TPSA) is 9.86 Å². The van der Waals surface area contributed by atoms with Gasteiger partial charge in [0.2, 0.25) is 0 Å². The highest BCUT2D eigenvalue weighted by Gasteiger charge is 2.40. The lowest BCUT2D eigenvalue weighted by atomic mass is 9.81. The van der Waals surface area contributed by atoms with Crippen LogP contribution in [0.25, 0.3) is 55.4 Å². The minimum atomic E-state index is -0.0422. The summed E-state index contributed by atoms with van der Waals surface area (Å²) in [6, 6.07) is 44.7. The lowest BCUT2D eigenvalue weighted by Crippen LogP contribution is -2.14. The van der Waals surface area contributed by atoms with Crippen LogP contribution in [0.1, 0.15) is 43.4 Å². The number of nitrogens with zero attached hydrogens (tertiary/aromatic N) is 2. The standard InChI is InChI=1S/C42H34N2/c1-27-26-30(43-37-17-9-5-12-32(37)33-13-6-10-18-38(33)43)24-25-31(27)28-20-22-29(23-21-28)44-39-19-11-7-15-35(39)40-41(44)34-14-4-8-16-36(34)42(40,2)3/h4-27,31H,1-3H3. The highest BCUT2D eigenvalue weighted by molar-refractivity contribution is 6.10. The van der Waals surface area contributed by atoms with Crippen molar-refractivity contribution in [3.63, 3.8) is 0 Å². The van der Waals surface area contributed by atoms with E-state index < -0.39 is 0 Å². The fourth-order valence-corrected chi connectivity index (χ4v) is 8.18. The predicted molar refractivity (Wildman–Crippen MR) is 186 cm³/mol. The van der Waals surface area contributed by atoms with E-state index >= 15 is 0 Å². The molecule has 2 unspecified atom stereocenters. The molecule has 0 saturated heterocycles. The van der Waals surface area contributed by atoms with Gasteiger partial charge in [0, 0.05) is 44.4 Å². The van der Waals surface area contributed by atoms with E-state index in [4.69, 9.17) is 0 Å². The number of para-hydroxylation sites is 3. The highest BCUT2D eigenvalue weighted by atomic mass is 15.0. The van der Waals surface area contributed by atoms with E-state index in [9.17, 15) is 0 Å². The van der Waals surface area contributed by atoms with Gasteiger partial charge in [-0.2, -0.15) is 0 Å². The van der Waals surface area contributed by atoms with Crippen molar-refractivity contribution in [2.24, 2.45) is 5.92 Å². The van der Waals surface area contributed by atoms with Crippen molar-refractivity contribution in [1.82, 2.24) is 9.13 Å². The summed E-state index contributed by atoms with van der Waals surface area (Å²) in [5, 5.41) is 3.95. The van der Waals surface area contributed by atoms with Crippen LogP contribution in [0, 0.1) is 5.92 Å². The second-order valence-electron chi connectivity index (χ2n) is 13.0. The van der Waals surface area contributed by atoms with Crippen molar-refractivity contribution in [3.05, 3.63) is 156 Å². The van der Waals surface area contributed by atoms with Gasteiger partial charge in [0.25, 0.3) is 0 Å². The first kappa shape index (κ1) is 25.4. The van der Waals surface area contributed by atoms with Gasteiger partial charge in [0.15, 0.2) is 0 Å². The molecule has 2 atom stereocenters. The van der Waals surface area contributed by atoms with Crippen molar-refractivity contribution in [2.75, 3.05) is 0 Å². The second-order valence-corrected chi connectivity index (χ2v) is 13.0. The van der Waals surface area contributed by atoms with Crippen molar-refractivity contribution >= 4 is 38.4 Å².